The van der Waals surface area contributed by atoms with Gasteiger partial charge >= 0.3 is 0 Å². The van der Waals surface area contributed by atoms with Crippen LogP contribution >= 0.6 is 11.3 Å². The molecule has 22 heavy (non-hydrogen) atoms. The number of carbonyl (C=O) groups is 1. The molecule has 1 aromatic carbocycles. The Morgan fingerprint density at radius 2 is 2.14 bits per heavy atom. The number of thiazole rings is 1. The van der Waals surface area contributed by atoms with E-state index in [1.165, 1.54) is 4.90 Å². The van der Waals surface area contributed by atoms with Crippen LogP contribution in [0, 0.1) is 6.92 Å². The third-order valence-electron chi connectivity index (χ3n) is 3.64. The first-order valence-corrected chi connectivity index (χ1v) is 8.10. The first kappa shape index (κ1) is 16.6. The van der Waals surface area contributed by atoms with Crippen molar-refractivity contribution in [2.75, 3.05) is 19.7 Å². The highest BCUT2D eigenvalue weighted by molar-refractivity contribution is 7.17. The standard InChI is InChI=1S/C16H20N2O3S/c1-3-18(8-9-19)10-12-6-4-5-7-13(12)15-17-11(2)14(22-15)16(20)21/h4-7,19H,3,8-10H2,1-2H3,(H,20,21). The predicted molar refractivity (Wildman–Crippen MR) is 83.8 cm³/mol. The van der Waals surface area contributed by atoms with Crippen molar-refractivity contribution < 1.29 is 19.9 Å². The summed E-state index contributed by atoms with van der Waals surface area (Å²) in [6, 6.07) is 7.87. The monoisotopic (exact) mass is 320 g/mol. The van der Waals surface area contributed by atoms with Crippen LogP contribution in [0.2, 0.25) is 0 Å². The molecule has 2 rings (SSSR count). The van der Waals surface area contributed by atoms with Gasteiger partial charge in [-0.15, -0.1) is 11.3 Å². The summed E-state index contributed by atoms with van der Waals surface area (Å²) in [6.45, 7) is 6.28. The second-order valence-electron chi connectivity index (χ2n) is 5.13. The Morgan fingerprint density at radius 3 is 2.73 bits per heavy atom. The summed E-state index contributed by atoms with van der Waals surface area (Å²) in [5.74, 6) is -1.18. The Labute approximate surface area is 133 Å². The number of nitrogens with zero attached hydrogens (tertiary/aromatic N) is 1. The maximum absolute atomic E-state index is 11.1. The first-order valence-electron chi connectivity index (χ1n) is 7.28. The van der Waals surface area contributed by atoms with Crippen LogP contribution in [-0.4, -0.2) is 35.8 Å². The fourth-order valence-corrected chi connectivity index (χ4v) is 3.36. The van der Waals surface area contributed by atoms with E-state index in [-0.39, 0.29) is 11.5 Å². The van der Waals surface area contributed by atoms with E-state index in [1.807, 2.05) is 24.3 Å². The molecule has 0 radical (unpaired) electrons. The highest BCUT2D eigenvalue weighted by Gasteiger charge is 2.16. The second-order valence-corrected chi connectivity index (χ2v) is 6.13. The summed E-state index contributed by atoms with van der Waals surface area (Å²) in [7, 11) is 0. The Kier molecular flexibility index (Phi) is 5.65. The van der Waals surface area contributed by atoms with Crippen molar-refractivity contribution >= 4 is 17.3 Å². The van der Waals surface area contributed by atoms with Gasteiger partial charge in [-0.2, -0.15) is 0 Å². The van der Waals surface area contributed by atoms with Crippen LogP contribution in [0.3, 0.4) is 0 Å². The Hall–Kier alpha value is -1.76. The molecule has 2 aromatic rings. The molecule has 1 atom stereocenters. The molecule has 1 aromatic heterocycles. The van der Waals surface area contributed by atoms with Gasteiger partial charge in [0.15, 0.2) is 0 Å². The Morgan fingerprint density at radius 1 is 1.41 bits per heavy atom. The molecular formula is C16H20N2O3S. The maximum atomic E-state index is 11.1. The van der Waals surface area contributed by atoms with Crippen molar-refractivity contribution in [3.63, 3.8) is 0 Å². The number of aromatic nitrogens is 1. The average Bonchev–Trinajstić information content (AvgIpc) is 2.89. The summed E-state index contributed by atoms with van der Waals surface area (Å²) in [5.41, 5.74) is 2.54. The number of benzene rings is 1. The Bertz CT molecular complexity index is 655. The molecule has 0 aliphatic heterocycles. The molecular weight excluding hydrogens is 300 g/mol. The number of rotatable bonds is 7. The zero-order valence-electron chi connectivity index (χ0n) is 12.8. The quantitative estimate of drug-likeness (QED) is 0.745. The third-order valence-corrected chi connectivity index (χ3v) is 4.81. The van der Waals surface area contributed by atoms with E-state index in [2.05, 4.69) is 11.9 Å². The zero-order chi connectivity index (χ0) is 16.1. The van der Waals surface area contributed by atoms with Crippen molar-refractivity contribution in [1.82, 2.24) is 4.98 Å². The van der Waals surface area contributed by atoms with Crippen LogP contribution in [-0.2, 0) is 6.54 Å². The molecule has 0 amide bonds. The lowest BCUT2D eigenvalue weighted by atomic mass is 10.1. The summed E-state index contributed by atoms with van der Waals surface area (Å²) < 4.78 is 0. The van der Waals surface area contributed by atoms with Crippen molar-refractivity contribution in [2.24, 2.45) is 0 Å². The average molecular weight is 320 g/mol. The molecule has 6 heteroatoms. The van der Waals surface area contributed by atoms with Gasteiger partial charge in [-0.3, -0.25) is 0 Å². The van der Waals surface area contributed by atoms with Gasteiger partial charge < -0.3 is 19.9 Å². The fraction of sp³-hybridized carbons (Fsp3) is 0.375. The third kappa shape index (κ3) is 3.71. The van der Waals surface area contributed by atoms with Gasteiger partial charge in [-0.1, -0.05) is 24.3 Å². The van der Waals surface area contributed by atoms with E-state index in [1.54, 1.807) is 6.92 Å². The van der Waals surface area contributed by atoms with Gasteiger partial charge in [0.1, 0.15) is 18.1 Å². The van der Waals surface area contributed by atoms with E-state index < -0.39 is 5.97 Å². The minimum absolute atomic E-state index is 0.149. The van der Waals surface area contributed by atoms with Crippen molar-refractivity contribution in [3.05, 3.63) is 40.4 Å². The highest BCUT2D eigenvalue weighted by atomic mass is 32.1. The molecule has 1 unspecified atom stereocenters. The molecule has 0 fully saturated rings. The van der Waals surface area contributed by atoms with Crippen molar-refractivity contribution in [3.8, 4) is 10.6 Å². The molecule has 0 aliphatic rings. The Balaban J connectivity index is 2.35. The highest BCUT2D eigenvalue weighted by Crippen LogP contribution is 2.29. The number of nitrogens with one attached hydrogen (secondary N) is 1. The number of hydrogen-bond donors (Lipinski definition) is 2. The zero-order valence-corrected chi connectivity index (χ0v) is 13.6. The minimum atomic E-state index is -1.18. The number of aliphatic hydroxyl groups excluding tert-OH is 1. The molecule has 0 spiro atoms. The second kappa shape index (κ2) is 7.49. The van der Waals surface area contributed by atoms with Crippen molar-refractivity contribution in [1.29, 1.82) is 0 Å². The molecule has 0 saturated carbocycles. The molecule has 5 nitrogen and oxygen atoms in total. The number of aryl methyl sites for hydroxylation is 1. The lowest BCUT2D eigenvalue weighted by Gasteiger charge is -2.17. The maximum Gasteiger partial charge on any atom is 0.124 e. The number of aliphatic hydroxyl groups is 1. The van der Waals surface area contributed by atoms with Crippen molar-refractivity contribution in [2.45, 2.75) is 20.4 Å². The smallest absolute Gasteiger partial charge is 0.124 e. The first-order chi connectivity index (χ1) is 10.6. The number of carboxylic acid groups (broad SMARTS) is 1. The van der Waals surface area contributed by atoms with Gasteiger partial charge in [0.05, 0.1) is 29.7 Å². The number of carboxylic acids is 1. The lowest BCUT2D eigenvalue weighted by molar-refractivity contribution is -0.912. The molecule has 118 valence electrons. The summed E-state index contributed by atoms with van der Waals surface area (Å²) in [5, 5.41) is 20.9. The van der Waals surface area contributed by atoms with E-state index in [4.69, 9.17) is 5.11 Å². The van der Waals surface area contributed by atoms with Crippen LogP contribution in [0.1, 0.15) is 27.9 Å². The van der Waals surface area contributed by atoms with Crippen LogP contribution in [0.15, 0.2) is 24.3 Å². The molecule has 0 aliphatic carbocycles. The van der Waals surface area contributed by atoms with Gasteiger partial charge in [0.25, 0.3) is 0 Å². The van der Waals surface area contributed by atoms with Crippen LogP contribution in [0.4, 0.5) is 0 Å². The number of carbonyl (C=O) groups excluding carboxylic acids is 1. The minimum Gasteiger partial charge on any atom is -0.544 e. The molecule has 2 N–H and O–H groups in total. The predicted octanol–water partition coefficient (Wildman–Crippen LogP) is -0.121. The normalized spacial score (nSPS) is 12.3. The SMILES string of the molecule is CC[NH+](CCO)Cc1ccccc1-c1nc(C)c(C(=O)[O-])s1. The topological polar surface area (TPSA) is 77.7 Å². The number of hydrogen-bond acceptors (Lipinski definition) is 5. The number of aromatic carboxylic acids is 1. The summed E-state index contributed by atoms with van der Waals surface area (Å²) in [6.07, 6.45) is 0. The van der Waals surface area contributed by atoms with Gasteiger partial charge in [-0.05, 0) is 13.8 Å². The molecule has 1 heterocycles. The summed E-state index contributed by atoms with van der Waals surface area (Å²) >= 11 is 1.15. The van der Waals surface area contributed by atoms with E-state index in [0.29, 0.717) is 17.2 Å². The van der Waals surface area contributed by atoms with Crippen LogP contribution in [0.5, 0.6) is 0 Å². The molecule has 0 bridgehead atoms. The number of quaternary nitrogens is 1. The van der Waals surface area contributed by atoms with E-state index >= 15 is 0 Å². The summed E-state index contributed by atoms with van der Waals surface area (Å²) in [4.78, 5) is 16.9. The number of likely N-dealkylation sites (N-methyl/N-ethyl adjacent to an activating group) is 1. The van der Waals surface area contributed by atoms with Gasteiger partial charge in [0.2, 0.25) is 0 Å². The molecule has 0 saturated heterocycles. The van der Waals surface area contributed by atoms with E-state index in [9.17, 15) is 9.90 Å². The lowest BCUT2D eigenvalue weighted by Crippen LogP contribution is -3.10. The van der Waals surface area contributed by atoms with Gasteiger partial charge in [0, 0.05) is 11.1 Å². The van der Waals surface area contributed by atoms with Gasteiger partial charge in [-0.25, -0.2) is 4.98 Å². The van der Waals surface area contributed by atoms with Crippen LogP contribution in [0.25, 0.3) is 10.6 Å². The fourth-order valence-electron chi connectivity index (χ4n) is 2.40. The van der Waals surface area contributed by atoms with E-state index in [0.717, 1.165) is 35.6 Å². The van der Waals surface area contributed by atoms with Crippen LogP contribution < -0.4 is 10.0 Å². The largest absolute Gasteiger partial charge is 0.544 e.